The third-order valence-electron chi connectivity index (χ3n) is 2.77. The van der Waals surface area contributed by atoms with Gasteiger partial charge < -0.3 is 10.5 Å². The predicted molar refractivity (Wildman–Crippen MR) is 62.6 cm³/mol. The highest BCUT2D eigenvalue weighted by molar-refractivity contribution is 5.39. The molecule has 0 saturated carbocycles. The fourth-order valence-electron chi connectivity index (χ4n) is 1.88. The molecule has 0 radical (unpaired) electrons. The second kappa shape index (κ2) is 5.09. The van der Waals surface area contributed by atoms with Crippen molar-refractivity contribution in [2.24, 2.45) is 12.8 Å². The van der Waals surface area contributed by atoms with E-state index >= 15 is 0 Å². The lowest BCUT2D eigenvalue weighted by atomic mass is 9.97. The van der Waals surface area contributed by atoms with Gasteiger partial charge in [0.1, 0.15) is 11.6 Å². The number of rotatable bonds is 4. The lowest BCUT2D eigenvalue weighted by Crippen LogP contribution is -2.19. The van der Waals surface area contributed by atoms with E-state index in [1.165, 1.54) is 23.9 Å². The fourth-order valence-corrected chi connectivity index (χ4v) is 1.88. The van der Waals surface area contributed by atoms with Crippen LogP contribution in [0.15, 0.2) is 18.2 Å². The van der Waals surface area contributed by atoms with Gasteiger partial charge >= 0.3 is 0 Å². The van der Waals surface area contributed by atoms with Crippen LogP contribution in [0.2, 0.25) is 0 Å². The number of halogens is 1. The molecule has 0 spiro atoms. The molecule has 1 unspecified atom stereocenters. The molecule has 0 bridgehead atoms. The number of nitrogens with zero attached hydrogens (tertiary/aromatic N) is 4. The summed E-state index contributed by atoms with van der Waals surface area (Å²) >= 11 is 0. The Morgan fingerprint density at radius 1 is 1.50 bits per heavy atom. The Bertz CT molecular complexity index is 542. The minimum absolute atomic E-state index is 0.258. The minimum Gasteiger partial charge on any atom is -0.496 e. The summed E-state index contributed by atoms with van der Waals surface area (Å²) in [4.78, 5) is 0. The van der Waals surface area contributed by atoms with E-state index in [9.17, 15) is 4.39 Å². The first-order valence-corrected chi connectivity index (χ1v) is 5.43. The van der Waals surface area contributed by atoms with Gasteiger partial charge in [-0.25, -0.2) is 9.07 Å². The Labute approximate surface area is 104 Å². The maximum absolute atomic E-state index is 13.4. The van der Waals surface area contributed by atoms with E-state index in [1.807, 2.05) is 0 Å². The summed E-state index contributed by atoms with van der Waals surface area (Å²) in [5.74, 6) is 0.478. The summed E-state index contributed by atoms with van der Waals surface area (Å²) in [6, 6.07) is 4.30. The molecule has 0 fully saturated rings. The number of methoxy groups -OCH3 is 1. The zero-order chi connectivity index (χ0) is 13.1. The summed E-state index contributed by atoms with van der Waals surface area (Å²) in [5.41, 5.74) is 6.39. The maximum atomic E-state index is 13.4. The molecule has 2 rings (SSSR count). The zero-order valence-corrected chi connectivity index (χ0v) is 10.2. The number of aryl methyl sites for hydroxylation is 1. The Balaban J connectivity index is 2.51. The molecule has 0 aliphatic carbocycles. The SMILES string of the molecule is COc1ccc(F)cc1C(CN)c1nnnn1C. The molecule has 1 heterocycles. The van der Waals surface area contributed by atoms with E-state index in [2.05, 4.69) is 15.5 Å². The summed E-state index contributed by atoms with van der Waals surface area (Å²) in [6.07, 6.45) is 0. The lowest BCUT2D eigenvalue weighted by molar-refractivity contribution is 0.405. The Morgan fingerprint density at radius 3 is 2.83 bits per heavy atom. The first kappa shape index (κ1) is 12.4. The molecule has 7 heteroatoms. The van der Waals surface area contributed by atoms with Crippen molar-refractivity contribution in [3.8, 4) is 5.75 Å². The second-order valence-electron chi connectivity index (χ2n) is 3.84. The van der Waals surface area contributed by atoms with Crippen LogP contribution in [-0.2, 0) is 7.05 Å². The molecule has 6 nitrogen and oxygen atoms in total. The van der Waals surface area contributed by atoms with Crippen molar-refractivity contribution >= 4 is 0 Å². The molecule has 18 heavy (non-hydrogen) atoms. The first-order chi connectivity index (χ1) is 8.67. The van der Waals surface area contributed by atoms with E-state index in [0.717, 1.165) is 0 Å². The van der Waals surface area contributed by atoms with Crippen LogP contribution < -0.4 is 10.5 Å². The molecule has 0 aliphatic heterocycles. The van der Waals surface area contributed by atoms with E-state index in [0.29, 0.717) is 17.1 Å². The van der Waals surface area contributed by atoms with Crippen molar-refractivity contribution < 1.29 is 9.13 Å². The van der Waals surface area contributed by atoms with Crippen LogP contribution in [0.3, 0.4) is 0 Å². The van der Waals surface area contributed by atoms with Gasteiger partial charge in [-0.15, -0.1) is 5.10 Å². The van der Waals surface area contributed by atoms with E-state index in [4.69, 9.17) is 10.5 Å². The van der Waals surface area contributed by atoms with E-state index < -0.39 is 0 Å². The molecule has 0 aliphatic rings. The average Bonchev–Trinajstić information content (AvgIpc) is 2.77. The quantitative estimate of drug-likeness (QED) is 0.853. The number of ether oxygens (including phenoxy) is 1. The van der Waals surface area contributed by atoms with Crippen LogP contribution in [-0.4, -0.2) is 33.9 Å². The highest BCUT2D eigenvalue weighted by Gasteiger charge is 2.22. The third kappa shape index (κ3) is 2.17. The molecule has 0 amide bonds. The van der Waals surface area contributed by atoms with Gasteiger partial charge in [0.25, 0.3) is 0 Å². The smallest absolute Gasteiger partial charge is 0.159 e. The molecule has 2 N–H and O–H groups in total. The van der Waals surface area contributed by atoms with Crippen molar-refractivity contribution in [1.82, 2.24) is 20.2 Å². The number of hydrogen-bond donors (Lipinski definition) is 1. The molecule has 0 saturated heterocycles. The van der Waals surface area contributed by atoms with E-state index in [1.54, 1.807) is 13.1 Å². The Kier molecular flexibility index (Phi) is 3.52. The second-order valence-corrected chi connectivity index (χ2v) is 3.84. The molecule has 1 aromatic carbocycles. The van der Waals surface area contributed by atoms with Gasteiger partial charge in [0, 0.05) is 19.2 Å². The summed E-state index contributed by atoms with van der Waals surface area (Å²) in [5, 5.41) is 11.2. The fraction of sp³-hybridized carbons (Fsp3) is 0.364. The standard InChI is InChI=1S/C11H14FN5O/c1-17-11(14-15-16-17)9(6-13)8-5-7(12)3-4-10(8)18-2/h3-5,9H,6,13H2,1-2H3. The van der Waals surface area contributed by atoms with Gasteiger partial charge in [-0.3, -0.25) is 0 Å². The third-order valence-corrected chi connectivity index (χ3v) is 2.77. The largest absolute Gasteiger partial charge is 0.496 e. The van der Waals surface area contributed by atoms with E-state index in [-0.39, 0.29) is 18.3 Å². The van der Waals surface area contributed by atoms with Gasteiger partial charge in [0.05, 0.1) is 13.0 Å². The summed E-state index contributed by atoms with van der Waals surface area (Å²) in [7, 11) is 3.24. The number of benzene rings is 1. The predicted octanol–water partition coefficient (Wildman–Crippen LogP) is 0.448. The number of tetrazole rings is 1. The van der Waals surface area contributed by atoms with Crippen molar-refractivity contribution in [3.05, 3.63) is 35.4 Å². The molecule has 96 valence electrons. The summed E-state index contributed by atoms with van der Waals surface area (Å²) in [6.45, 7) is 0.258. The highest BCUT2D eigenvalue weighted by atomic mass is 19.1. The van der Waals surface area contributed by atoms with Crippen LogP contribution in [0.5, 0.6) is 5.75 Å². The topological polar surface area (TPSA) is 78.8 Å². The van der Waals surface area contributed by atoms with Crippen molar-refractivity contribution in [2.75, 3.05) is 13.7 Å². The minimum atomic E-state index is -0.348. The van der Waals surface area contributed by atoms with Gasteiger partial charge in [0.15, 0.2) is 5.82 Å². The van der Waals surface area contributed by atoms with Crippen LogP contribution in [0, 0.1) is 5.82 Å². The van der Waals surface area contributed by atoms with Crippen molar-refractivity contribution in [3.63, 3.8) is 0 Å². The zero-order valence-electron chi connectivity index (χ0n) is 10.2. The monoisotopic (exact) mass is 251 g/mol. The normalized spacial score (nSPS) is 12.4. The molecular weight excluding hydrogens is 237 g/mol. The molecular formula is C11H14FN5O. The lowest BCUT2D eigenvalue weighted by Gasteiger charge is -2.16. The van der Waals surface area contributed by atoms with Crippen molar-refractivity contribution in [1.29, 1.82) is 0 Å². The first-order valence-electron chi connectivity index (χ1n) is 5.43. The van der Waals surface area contributed by atoms with Gasteiger partial charge in [-0.05, 0) is 28.6 Å². The maximum Gasteiger partial charge on any atom is 0.159 e. The van der Waals surface area contributed by atoms with Gasteiger partial charge in [-0.1, -0.05) is 0 Å². The number of hydrogen-bond acceptors (Lipinski definition) is 5. The highest BCUT2D eigenvalue weighted by Crippen LogP contribution is 2.30. The summed E-state index contributed by atoms with van der Waals surface area (Å²) < 4.78 is 20.1. The van der Waals surface area contributed by atoms with Crippen LogP contribution in [0.4, 0.5) is 4.39 Å². The van der Waals surface area contributed by atoms with Gasteiger partial charge in [0.2, 0.25) is 0 Å². The molecule has 1 aromatic heterocycles. The Hall–Kier alpha value is -2.02. The Morgan fingerprint density at radius 2 is 2.28 bits per heavy atom. The molecule has 1 atom stereocenters. The average molecular weight is 251 g/mol. The van der Waals surface area contributed by atoms with Gasteiger partial charge in [-0.2, -0.15) is 0 Å². The van der Waals surface area contributed by atoms with Crippen molar-refractivity contribution in [2.45, 2.75) is 5.92 Å². The number of nitrogens with two attached hydrogens (primary N) is 1. The number of aromatic nitrogens is 4. The van der Waals surface area contributed by atoms with Crippen LogP contribution in [0.1, 0.15) is 17.3 Å². The molecule has 2 aromatic rings. The van der Waals surface area contributed by atoms with Crippen LogP contribution in [0.25, 0.3) is 0 Å². The van der Waals surface area contributed by atoms with Crippen LogP contribution >= 0.6 is 0 Å².